The molecule has 1 atom stereocenters. The lowest BCUT2D eigenvalue weighted by Crippen LogP contribution is -2.34. The molecule has 0 bridgehead atoms. The van der Waals surface area contributed by atoms with E-state index in [1.54, 1.807) is 6.92 Å². The van der Waals surface area contributed by atoms with Crippen LogP contribution < -0.4 is 5.73 Å². The molecule has 5 heteroatoms. The SMILES string of the molecule is CCOC(=O)C(N)Cc1ccc(F)cc1Cl. The van der Waals surface area contributed by atoms with Gasteiger partial charge in [0.25, 0.3) is 0 Å². The van der Waals surface area contributed by atoms with E-state index >= 15 is 0 Å². The first-order valence-electron chi connectivity index (χ1n) is 4.90. The summed E-state index contributed by atoms with van der Waals surface area (Å²) in [6.07, 6.45) is 0.234. The van der Waals surface area contributed by atoms with E-state index in [-0.39, 0.29) is 18.1 Å². The fraction of sp³-hybridized carbons (Fsp3) is 0.364. The highest BCUT2D eigenvalue weighted by molar-refractivity contribution is 6.31. The molecule has 1 rings (SSSR count). The van der Waals surface area contributed by atoms with Crippen LogP contribution in [-0.2, 0) is 16.0 Å². The van der Waals surface area contributed by atoms with E-state index in [4.69, 9.17) is 22.1 Å². The summed E-state index contributed by atoms with van der Waals surface area (Å²) in [7, 11) is 0. The van der Waals surface area contributed by atoms with E-state index in [9.17, 15) is 9.18 Å². The predicted octanol–water partition coefficient (Wildman–Crippen LogP) is 1.91. The Bertz CT molecular complexity index is 384. The Balaban J connectivity index is 2.69. The zero-order chi connectivity index (χ0) is 12.1. The number of carbonyl (C=O) groups excluding carboxylic acids is 1. The number of benzene rings is 1. The summed E-state index contributed by atoms with van der Waals surface area (Å²) in [6, 6.07) is 3.20. The monoisotopic (exact) mass is 245 g/mol. The average molecular weight is 246 g/mol. The van der Waals surface area contributed by atoms with Gasteiger partial charge in [-0.15, -0.1) is 0 Å². The summed E-state index contributed by atoms with van der Waals surface area (Å²) in [6.45, 7) is 1.99. The van der Waals surface area contributed by atoms with Gasteiger partial charge in [0.15, 0.2) is 0 Å². The maximum atomic E-state index is 12.8. The van der Waals surface area contributed by atoms with Crippen molar-refractivity contribution in [3.05, 3.63) is 34.6 Å². The average Bonchev–Trinajstić information content (AvgIpc) is 2.22. The Kier molecular flexibility index (Phi) is 4.71. The molecule has 0 aromatic heterocycles. The minimum absolute atomic E-state index is 0.234. The first-order chi connectivity index (χ1) is 7.54. The molecule has 0 fully saturated rings. The van der Waals surface area contributed by atoms with E-state index in [1.807, 2.05) is 0 Å². The van der Waals surface area contributed by atoms with Gasteiger partial charge in [-0.1, -0.05) is 17.7 Å². The van der Waals surface area contributed by atoms with Gasteiger partial charge in [-0.2, -0.15) is 0 Å². The first kappa shape index (κ1) is 12.9. The van der Waals surface area contributed by atoms with Crippen LogP contribution >= 0.6 is 11.6 Å². The Morgan fingerprint density at radius 1 is 1.62 bits per heavy atom. The van der Waals surface area contributed by atoms with Gasteiger partial charge in [-0.3, -0.25) is 4.79 Å². The van der Waals surface area contributed by atoms with E-state index in [0.717, 1.165) is 0 Å². The minimum Gasteiger partial charge on any atom is -0.465 e. The normalized spacial score (nSPS) is 12.2. The van der Waals surface area contributed by atoms with Crippen LogP contribution in [0, 0.1) is 5.82 Å². The number of rotatable bonds is 4. The van der Waals surface area contributed by atoms with Gasteiger partial charge in [0.05, 0.1) is 6.61 Å². The molecular formula is C11H13ClFNO2. The summed E-state index contributed by atoms with van der Waals surface area (Å²) in [5, 5.41) is 0.264. The van der Waals surface area contributed by atoms with Crippen LogP contribution in [0.1, 0.15) is 12.5 Å². The van der Waals surface area contributed by atoms with Crippen molar-refractivity contribution in [2.75, 3.05) is 6.61 Å². The molecule has 1 aromatic rings. The third kappa shape index (κ3) is 3.47. The van der Waals surface area contributed by atoms with Crippen molar-refractivity contribution in [3.8, 4) is 0 Å². The molecule has 0 aliphatic carbocycles. The maximum absolute atomic E-state index is 12.8. The van der Waals surface area contributed by atoms with Gasteiger partial charge in [0, 0.05) is 5.02 Å². The molecule has 0 amide bonds. The number of ether oxygens (including phenoxy) is 1. The van der Waals surface area contributed by atoms with Crippen LogP contribution in [-0.4, -0.2) is 18.6 Å². The lowest BCUT2D eigenvalue weighted by Gasteiger charge is -2.11. The molecule has 16 heavy (non-hydrogen) atoms. The standard InChI is InChI=1S/C11H13ClFNO2/c1-2-16-11(15)10(14)5-7-3-4-8(13)6-9(7)12/h3-4,6,10H,2,5,14H2,1H3. The summed E-state index contributed by atoms with van der Waals surface area (Å²) < 4.78 is 17.5. The molecule has 0 heterocycles. The molecule has 0 radical (unpaired) electrons. The Morgan fingerprint density at radius 2 is 2.31 bits per heavy atom. The topological polar surface area (TPSA) is 52.3 Å². The van der Waals surface area contributed by atoms with Crippen molar-refractivity contribution in [1.82, 2.24) is 0 Å². The largest absolute Gasteiger partial charge is 0.465 e. The predicted molar refractivity (Wildman–Crippen MR) is 59.7 cm³/mol. The van der Waals surface area contributed by atoms with E-state index in [1.165, 1.54) is 18.2 Å². The third-order valence-corrected chi connectivity index (χ3v) is 2.40. The van der Waals surface area contributed by atoms with Gasteiger partial charge >= 0.3 is 5.97 Å². The molecule has 1 aromatic carbocycles. The van der Waals surface area contributed by atoms with E-state index < -0.39 is 17.8 Å². The number of halogens is 2. The van der Waals surface area contributed by atoms with Crippen molar-refractivity contribution >= 4 is 17.6 Å². The molecule has 1 unspecified atom stereocenters. The second-order valence-corrected chi connectivity index (χ2v) is 3.71. The number of nitrogens with two attached hydrogens (primary N) is 1. The summed E-state index contributed by atoms with van der Waals surface area (Å²) in [4.78, 5) is 11.3. The Labute approximate surface area is 98.3 Å². The second-order valence-electron chi connectivity index (χ2n) is 3.30. The lowest BCUT2D eigenvalue weighted by atomic mass is 10.1. The van der Waals surface area contributed by atoms with Crippen LogP contribution in [0.25, 0.3) is 0 Å². The summed E-state index contributed by atoms with van der Waals surface area (Å²) >= 11 is 5.81. The summed E-state index contributed by atoms with van der Waals surface area (Å²) in [5.74, 6) is -0.902. The van der Waals surface area contributed by atoms with Crippen LogP contribution in [0.2, 0.25) is 5.02 Å². The fourth-order valence-electron chi connectivity index (χ4n) is 1.26. The molecule has 0 saturated heterocycles. The Hall–Kier alpha value is -1.13. The van der Waals surface area contributed by atoms with Gasteiger partial charge in [0.1, 0.15) is 11.9 Å². The molecule has 0 aliphatic heterocycles. The van der Waals surface area contributed by atoms with Gasteiger partial charge in [-0.25, -0.2) is 4.39 Å². The molecule has 88 valence electrons. The lowest BCUT2D eigenvalue weighted by molar-refractivity contribution is -0.144. The Morgan fingerprint density at radius 3 is 2.88 bits per heavy atom. The van der Waals surface area contributed by atoms with Crippen molar-refractivity contribution in [2.24, 2.45) is 5.73 Å². The smallest absolute Gasteiger partial charge is 0.323 e. The van der Waals surface area contributed by atoms with Crippen LogP contribution in [0.15, 0.2) is 18.2 Å². The van der Waals surface area contributed by atoms with Crippen molar-refractivity contribution in [1.29, 1.82) is 0 Å². The van der Waals surface area contributed by atoms with Crippen LogP contribution in [0.5, 0.6) is 0 Å². The van der Waals surface area contributed by atoms with Gasteiger partial charge in [0.2, 0.25) is 0 Å². The number of hydrogen-bond acceptors (Lipinski definition) is 3. The third-order valence-electron chi connectivity index (χ3n) is 2.04. The molecule has 3 nitrogen and oxygen atoms in total. The molecular weight excluding hydrogens is 233 g/mol. The van der Waals surface area contributed by atoms with Crippen LogP contribution in [0.3, 0.4) is 0 Å². The number of esters is 1. The molecule has 2 N–H and O–H groups in total. The van der Waals surface area contributed by atoms with E-state index in [0.29, 0.717) is 5.56 Å². The van der Waals surface area contributed by atoms with Gasteiger partial charge in [-0.05, 0) is 31.0 Å². The zero-order valence-electron chi connectivity index (χ0n) is 8.87. The van der Waals surface area contributed by atoms with Crippen LogP contribution in [0.4, 0.5) is 4.39 Å². The molecule has 0 spiro atoms. The maximum Gasteiger partial charge on any atom is 0.323 e. The zero-order valence-corrected chi connectivity index (χ0v) is 9.63. The van der Waals surface area contributed by atoms with Crippen molar-refractivity contribution in [3.63, 3.8) is 0 Å². The van der Waals surface area contributed by atoms with Gasteiger partial charge < -0.3 is 10.5 Å². The summed E-state index contributed by atoms with van der Waals surface area (Å²) in [5.41, 5.74) is 6.24. The minimum atomic E-state index is -0.775. The first-order valence-corrected chi connectivity index (χ1v) is 5.28. The number of hydrogen-bond donors (Lipinski definition) is 1. The number of carbonyl (C=O) groups is 1. The quantitative estimate of drug-likeness (QED) is 0.825. The highest BCUT2D eigenvalue weighted by Crippen LogP contribution is 2.18. The highest BCUT2D eigenvalue weighted by atomic mass is 35.5. The fourth-order valence-corrected chi connectivity index (χ4v) is 1.50. The molecule has 0 aliphatic rings. The van der Waals surface area contributed by atoms with Crippen molar-refractivity contribution in [2.45, 2.75) is 19.4 Å². The molecule has 0 saturated carbocycles. The highest BCUT2D eigenvalue weighted by Gasteiger charge is 2.16. The van der Waals surface area contributed by atoms with E-state index in [2.05, 4.69) is 0 Å². The second kappa shape index (κ2) is 5.82. The van der Waals surface area contributed by atoms with Crippen molar-refractivity contribution < 1.29 is 13.9 Å².